The zero-order valence-corrected chi connectivity index (χ0v) is 11.2. The highest BCUT2D eigenvalue weighted by Gasteiger charge is 2.18. The summed E-state index contributed by atoms with van der Waals surface area (Å²) in [4.78, 5) is 16.7. The van der Waals surface area contributed by atoms with E-state index in [1.165, 1.54) is 17.0 Å². The second-order valence-electron chi connectivity index (χ2n) is 4.39. The van der Waals surface area contributed by atoms with Crippen LogP contribution in [0.25, 0.3) is 10.9 Å². The molecule has 0 fully saturated rings. The van der Waals surface area contributed by atoms with Gasteiger partial charge in [0.05, 0.1) is 13.2 Å². The molecule has 20 heavy (non-hydrogen) atoms. The smallest absolute Gasteiger partial charge is 0.270 e. The van der Waals surface area contributed by atoms with Crippen molar-refractivity contribution < 1.29 is 19.0 Å². The Kier molecular flexibility index (Phi) is 4.70. The fourth-order valence-corrected chi connectivity index (χ4v) is 2.04. The van der Waals surface area contributed by atoms with Crippen LogP contribution in [0, 0.1) is 5.82 Å². The van der Waals surface area contributed by atoms with Crippen LogP contribution in [0.3, 0.4) is 0 Å². The second-order valence-corrected chi connectivity index (χ2v) is 4.39. The molecule has 0 atom stereocenters. The minimum Gasteiger partial charge on any atom is -0.395 e. The molecule has 5 nitrogen and oxygen atoms in total. The number of nitrogens with one attached hydrogen (secondary N) is 1. The number of H-pyrrole nitrogens is 1. The third kappa shape index (κ3) is 2.97. The van der Waals surface area contributed by atoms with Gasteiger partial charge in [-0.2, -0.15) is 0 Å². The van der Waals surface area contributed by atoms with Gasteiger partial charge in [0, 0.05) is 31.1 Å². The summed E-state index contributed by atoms with van der Waals surface area (Å²) in [6.07, 6.45) is 0. The fraction of sp³-hybridized carbons (Fsp3) is 0.357. The molecule has 108 valence electrons. The first-order valence-electron chi connectivity index (χ1n) is 6.33. The lowest BCUT2D eigenvalue weighted by atomic mass is 10.2. The van der Waals surface area contributed by atoms with E-state index in [-0.39, 0.29) is 24.9 Å². The summed E-state index contributed by atoms with van der Waals surface area (Å²) in [5.41, 5.74) is 0.874. The lowest BCUT2D eigenvalue weighted by molar-refractivity contribution is 0.0652. The number of aliphatic hydroxyl groups excluding tert-OH is 1. The average molecular weight is 280 g/mol. The molecule has 2 N–H and O–H groups in total. The first-order valence-corrected chi connectivity index (χ1v) is 6.33. The van der Waals surface area contributed by atoms with Crippen molar-refractivity contribution in [3.8, 4) is 0 Å². The Hall–Kier alpha value is -1.92. The molecule has 0 spiro atoms. The van der Waals surface area contributed by atoms with Crippen molar-refractivity contribution in [3.63, 3.8) is 0 Å². The van der Waals surface area contributed by atoms with E-state index >= 15 is 0 Å². The van der Waals surface area contributed by atoms with Crippen LogP contribution < -0.4 is 0 Å². The number of aromatic amines is 1. The molecule has 0 aliphatic rings. The van der Waals surface area contributed by atoms with Gasteiger partial charge in [-0.3, -0.25) is 4.79 Å². The molecule has 0 saturated heterocycles. The van der Waals surface area contributed by atoms with Gasteiger partial charge in [0.2, 0.25) is 0 Å². The molecule has 1 amide bonds. The molecular formula is C14H17FN2O3. The Morgan fingerprint density at radius 3 is 2.90 bits per heavy atom. The highest BCUT2D eigenvalue weighted by atomic mass is 19.1. The van der Waals surface area contributed by atoms with Crippen molar-refractivity contribution in [1.29, 1.82) is 0 Å². The number of carbonyl (C=O) groups excluding carboxylic acids is 1. The topological polar surface area (TPSA) is 65.6 Å². The van der Waals surface area contributed by atoms with Crippen LogP contribution in [0.4, 0.5) is 4.39 Å². The van der Waals surface area contributed by atoms with Crippen LogP contribution in [0.2, 0.25) is 0 Å². The normalized spacial score (nSPS) is 10.9. The number of fused-ring (bicyclic) bond motifs is 1. The van der Waals surface area contributed by atoms with Gasteiger partial charge in [0.25, 0.3) is 5.91 Å². The highest BCUT2D eigenvalue weighted by Crippen LogP contribution is 2.19. The first kappa shape index (κ1) is 14.5. The molecule has 0 radical (unpaired) electrons. The highest BCUT2D eigenvalue weighted by molar-refractivity contribution is 5.98. The van der Waals surface area contributed by atoms with E-state index < -0.39 is 0 Å². The number of benzene rings is 1. The maximum atomic E-state index is 13.6. The third-order valence-electron chi connectivity index (χ3n) is 3.06. The summed E-state index contributed by atoms with van der Waals surface area (Å²) in [5.74, 6) is -0.657. The van der Waals surface area contributed by atoms with Crippen LogP contribution >= 0.6 is 0 Å². The molecule has 2 aromatic rings. The zero-order chi connectivity index (χ0) is 14.5. The van der Waals surface area contributed by atoms with Gasteiger partial charge in [-0.1, -0.05) is 6.07 Å². The van der Waals surface area contributed by atoms with E-state index in [0.29, 0.717) is 29.7 Å². The largest absolute Gasteiger partial charge is 0.395 e. The lowest BCUT2D eigenvalue weighted by Gasteiger charge is -2.20. The number of aromatic nitrogens is 1. The summed E-state index contributed by atoms with van der Waals surface area (Å²) in [6, 6.07) is 6.13. The van der Waals surface area contributed by atoms with Crippen LogP contribution in [0.1, 0.15) is 10.5 Å². The maximum absolute atomic E-state index is 13.6. The van der Waals surface area contributed by atoms with Gasteiger partial charge in [0.1, 0.15) is 11.5 Å². The molecule has 1 aromatic carbocycles. The average Bonchev–Trinajstić information content (AvgIpc) is 2.88. The quantitative estimate of drug-likeness (QED) is 0.840. The van der Waals surface area contributed by atoms with Crippen molar-refractivity contribution in [2.45, 2.75) is 0 Å². The van der Waals surface area contributed by atoms with Crippen molar-refractivity contribution in [2.75, 3.05) is 33.4 Å². The van der Waals surface area contributed by atoms with E-state index in [1.54, 1.807) is 19.2 Å². The van der Waals surface area contributed by atoms with Gasteiger partial charge >= 0.3 is 0 Å². The first-order chi connectivity index (χ1) is 9.67. The molecule has 0 unspecified atom stereocenters. The Labute approximate surface area is 116 Å². The molecule has 0 bridgehead atoms. The molecule has 0 saturated carbocycles. The molecule has 1 heterocycles. The number of amides is 1. The third-order valence-corrected chi connectivity index (χ3v) is 3.06. The zero-order valence-electron chi connectivity index (χ0n) is 11.2. The SMILES string of the molecule is COCCN(CCO)C(=O)c1cc2c(F)cccc2[nH]1. The van der Waals surface area contributed by atoms with E-state index in [0.717, 1.165) is 0 Å². The Morgan fingerprint density at radius 1 is 1.45 bits per heavy atom. The lowest BCUT2D eigenvalue weighted by Crippen LogP contribution is -2.36. The van der Waals surface area contributed by atoms with Crippen LogP contribution in [0.5, 0.6) is 0 Å². The molecule has 1 aromatic heterocycles. The summed E-state index contributed by atoms with van der Waals surface area (Å²) in [5, 5.41) is 9.39. The van der Waals surface area contributed by atoms with Crippen LogP contribution in [0.15, 0.2) is 24.3 Å². The number of hydrogen-bond acceptors (Lipinski definition) is 3. The number of hydrogen-bond donors (Lipinski definition) is 2. The summed E-state index contributed by atoms with van der Waals surface area (Å²) in [6.45, 7) is 0.818. The molecule has 0 aliphatic heterocycles. The molecular weight excluding hydrogens is 263 g/mol. The van der Waals surface area contributed by atoms with Crippen molar-refractivity contribution >= 4 is 16.8 Å². The van der Waals surface area contributed by atoms with Gasteiger partial charge in [0.15, 0.2) is 0 Å². The van der Waals surface area contributed by atoms with Crippen molar-refractivity contribution in [1.82, 2.24) is 9.88 Å². The molecule has 2 rings (SSSR count). The standard InChI is InChI=1S/C14H17FN2O3/c1-20-8-6-17(5-7-18)14(19)13-9-10-11(15)3-2-4-12(10)16-13/h2-4,9,16,18H,5-8H2,1H3. The molecule has 0 aliphatic carbocycles. The Balaban J connectivity index is 2.26. The second kappa shape index (κ2) is 6.49. The minimum atomic E-state index is -0.372. The van der Waals surface area contributed by atoms with Gasteiger partial charge < -0.3 is 19.7 Å². The van der Waals surface area contributed by atoms with E-state index in [1.807, 2.05) is 0 Å². The van der Waals surface area contributed by atoms with Crippen LogP contribution in [-0.2, 0) is 4.74 Å². The number of nitrogens with zero attached hydrogens (tertiary/aromatic N) is 1. The number of aliphatic hydroxyl groups is 1. The monoisotopic (exact) mass is 280 g/mol. The molecule has 6 heteroatoms. The number of ether oxygens (including phenoxy) is 1. The predicted molar refractivity (Wildman–Crippen MR) is 73.1 cm³/mol. The Bertz CT molecular complexity index is 597. The van der Waals surface area contributed by atoms with Crippen molar-refractivity contribution in [3.05, 3.63) is 35.8 Å². The minimum absolute atomic E-state index is 0.135. The van der Waals surface area contributed by atoms with E-state index in [9.17, 15) is 9.18 Å². The summed E-state index contributed by atoms with van der Waals surface area (Å²) in [7, 11) is 1.54. The fourth-order valence-electron chi connectivity index (χ4n) is 2.04. The predicted octanol–water partition coefficient (Wildman–Crippen LogP) is 1.39. The van der Waals surface area contributed by atoms with Gasteiger partial charge in [-0.05, 0) is 18.2 Å². The number of methoxy groups -OCH3 is 1. The van der Waals surface area contributed by atoms with Crippen LogP contribution in [-0.4, -0.2) is 54.3 Å². The maximum Gasteiger partial charge on any atom is 0.270 e. The Morgan fingerprint density at radius 2 is 2.25 bits per heavy atom. The van der Waals surface area contributed by atoms with Crippen molar-refractivity contribution in [2.24, 2.45) is 0 Å². The summed E-state index contributed by atoms with van der Waals surface area (Å²) < 4.78 is 18.5. The number of carbonyl (C=O) groups is 1. The van der Waals surface area contributed by atoms with Gasteiger partial charge in [-0.25, -0.2) is 4.39 Å². The number of rotatable bonds is 6. The van der Waals surface area contributed by atoms with E-state index in [4.69, 9.17) is 9.84 Å². The number of halogens is 1. The van der Waals surface area contributed by atoms with E-state index in [2.05, 4.69) is 4.98 Å². The van der Waals surface area contributed by atoms with Gasteiger partial charge in [-0.15, -0.1) is 0 Å². The summed E-state index contributed by atoms with van der Waals surface area (Å²) >= 11 is 0.